The number of aryl methyl sites for hydroxylation is 1. The molecular weight excluding hydrogens is 369 g/mol. The number of nitrogens with zero attached hydrogens (tertiary/aromatic N) is 4. The van der Waals surface area contributed by atoms with Crippen LogP contribution in [0.15, 0.2) is 67.1 Å². The SMILES string of the molecule is Cc1nccn1-c1ccccc1CNC(=O)c1cnn(-c2ccc(F)cc2)c1C. The van der Waals surface area contributed by atoms with Crippen LogP contribution in [0.1, 0.15) is 27.4 Å². The van der Waals surface area contributed by atoms with Gasteiger partial charge in [-0.05, 0) is 49.7 Å². The Kier molecular flexibility index (Phi) is 4.95. The van der Waals surface area contributed by atoms with Crippen LogP contribution in [0.5, 0.6) is 0 Å². The number of amides is 1. The van der Waals surface area contributed by atoms with Gasteiger partial charge < -0.3 is 9.88 Å². The maximum Gasteiger partial charge on any atom is 0.255 e. The lowest BCUT2D eigenvalue weighted by molar-refractivity contribution is 0.0950. The van der Waals surface area contributed by atoms with Crippen molar-refractivity contribution in [1.82, 2.24) is 24.6 Å². The van der Waals surface area contributed by atoms with Gasteiger partial charge in [-0.15, -0.1) is 0 Å². The largest absolute Gasteiger partial charge is 0.348 e. The highest BCUT2D eigenvalue weighted by molar-refractivity contribution is 5.95. The highest BCUT2D eigenvalue weighted by Gasteiger charge is 2.16. The van der Waals surface area contributed by atoms with Crippen LogP contribution in [0, 0.1) is 19.7 Å². The van der Waals surface area contributed by atoms with E-state index in [0.29, 0.717) is 23.5 Å². The highest BCUT2D eigenvalue weighted by Crippen LogP contribution is 2.18. The number of rotatable bonds is 5. The number of aromatic nitrogens is 4. The highest BCUT2D eigenvalue weighted by atomic mass is 19.1. The number of hydrogen-bond acceptors (Lipinski definition) is 3. The van der Waals surface area contributed by atoms with Crippen molar-refractivity contribution in [1.29, 1.82) is 0 Å². The molecule has 4 rings (SSSR count). The first-order valence-corrected chi connectivity index (χ1v) is 9.21. The summed E-state index contributed by atoms with van der Waals surface area (Å²) in [5, 5.41) is 7.25. The standard InChI is InChI=1S/C22H20FN5O/c1-15-20(14-26-28(15)19-9-7-18(23)8-10-19)22(29)25-13-17-5-3-4-6-21(17)27-12-11-24-16(27)2/h3-12,14H,13H2,1-2H3,(H,25,29). The fourth-order valence-corrected chi connectivity index (χ4v) is 3.27. The Hall–Kier alpha value is -3.74. The Morgan fingerprint density at radius 1 is 1.10 bits per heavy atom. The lowest BCUT2D eigenvalue weighted by Crippen LogP contribution is -2.24. The average Bonchev–Trinajstić information content (AvgIpc) is 3.32. The first-order chi connectivity index (χ1) is 14.0. The molecule has 0 aliphatic rings. The summed E-state index contributed by atoms with van der Waals surface area (Å²) in [5.74, 6) is 0.344. The van der Waals surface area contributed by atoms with Gasteiger partial charge in [0.05, 0.1) is 28.8 Å². The van der Waals surface area contributed by atoms with Crippen molar-refractivity contribution in [2.24, 2.45) is 0 Å². The normalized spacial score (nSPS) is 10.9. The maximum atomic E-state index is 13.2. The summed E-state index contributed by atoms with van der Waals surface area (Å²) in [4.78, 5) is 17.0. The van der Waals surface area contributed by atoms with E-state index in [-0.39, 0.29) is 11.7 Å². The van der Waals surface area contributed by atoms with Gasteiger partial charge in [0, 0.05) is 18.9 Å². The predicted molar refractivity (Wildman–Crippen MR) is 108 cm³/mol. The molecule has 4 aromatic rings. The molecule has 1 N–H and O–H groups in total. The summed E-state index contributed by atoms with van der Waals surface area (Å²) in [6, 6.07) is 13.8. The molecule has 0 radical (unpaired) electrons. The minimum atomic E-state index is -0.316. The topological polar surface area (TPSA) is 64.7 Å². The Bertz CT molecular complexity index is 1160. The van der Waals surface area contributed by atoms with Crippen LogP contribution in [0.2, 0.25) is 0 Å². The van der Waals surface area contributed by atoms with Crippen molar-refractivity contribution in [3.05, 3.63) is 95.6 Å². The van der Waals surface area contributed by atoms with Gasteiger partial charge in [-0.1, -0.05) is 18.2 Å². The van der Waals surface area contributed by atoms with Gasteiger partial charge in [-0.3, -0.25) is 4.79 Å². The van der Waals surface area contributed by atoms with Gasteiger partial charge in [0.25, 0.3) is 5.91 Å². The summed E-state index contributed by atoms with van der Waals surface area (Å²) in [5.41, 5.74) is 3.81. The van der Waals surface area contributed by atoms with E-state index in [1.54, 1.807) is 23.0 Å². The third-order valence-electron chi connectivity index (χ3n) is 4.84. The zero-order chi connectivity index (χ0) is 20.4. The molecule has 0 atom stereocenters. The summed E-state index contributed by atoms with van der Waals surface area (Å²) in [6.07, 6.45) is 5.17. The number of benzene rings is 2. The number of carbonyl (C=O) groups excluding carboxylic acids is 1. The van der Waals surface area contributed by atoms with E-state index in [1.807, 2.05) is 48.9 Å². The Balaban J connectivity index is 1.53. The van der Waals surface area contributed by atoms with Crippen molar-refractivity contribution in [2.45, 2.75) is 20.4 Å². The van der Waals surface area contributed by atoms with Gasteiger partial charge in [-0.25, -0.2) is 14.1 Å². The monoisotopic (exact) mass is 389 g/mol. The second-order valence-electron chi connectivity index (χ2n) is 6.69. The van der Waals surface area contributed by atoms with Gasteiger partial charge in [0.1, 0.15) is 11.6 Å². The van der Waals surface area contributed by atoms with Crippen molar-refractivity contribution in [3.8, 4) is 11.4 Å². The van der Waals surface area contributed by atoms with E-state index < -0.39 is 0 Å². The second kappa shape index (κ2) is 7.71. The molecule has 1 amide bonds. The molecule has 0 saturated heterocycles. The predicted octanol–water partition coefficient (Wildman–Crippen LogP) is 3.74. The zero-order valence-electron chi connectivity index (χ0n) is 16.1. The Morgan fingerprint density at radius 3 is 2.59 bits per heavy atom. The molecule has 7 heteroatoms. The van der Waals surface area contributed by atoms with E-state index in [4.69, 9.17) is 0 Å². The molecular formula is C22H20FN5O. The summed E-state index contributed by atoms with van der Waals surface area (Å²) in [6.45, 7) is 4.12. The van der Waals surface area contributed by atoms with Gasteiger partial charge in [0.2, 0.25) is 0 Å². The molecule has 0 fully saturated rings. The number of halogens is 1. The van der Waals surface area contributed by atoms with Crippen LogP contribution >= 0.6 is 0 Å². The van der Waals surface area contributed by atoms with Crippen LogP contribution < -0.4 is 5.32 Å². The van der Waals surface area contributed by atoms with Gasteiger partial charge in [0.15, 0.2) is 0 Å². The first-order valence-electron chi connectivity index (χ1n) is 9.21. The molecule has 0 bridgehead atoms. The molecule has 2 aromatic carbocycles. The fraction of sp³-hybridized carbons (Fsp3) is 0.136. The summed E-state index contributed by atoms with van der Waals surface area (Å²) < 4.78 is 16.8. The van der Waals surface area contributed by atoms with Crippen LogP contribution in [0.3, 0.4) is 0 Å². The van der Waals surface area contributed by atoms with Crippen LogP contribution in [0.25, 0.3) is 11.4 Å². The summed E-state index contributed by atoms with van der Waals surface area (Å²) >= 11 is 0. The number of para-hydroxylation sites is 1. The maximum absolute atomic E-state index is 13.2. The Morgan fingerprint density at radius 2 is 1.86 bits per heavy atom. The number of imidazole rings is 1. The molecule has 2 heterocycles. The van der Waals surface area contributed by atoms with E-state index in [1.165, 1.54) is 18.3 Å². The summed E-state index contributed by atoms with van der Waals surface area (Å²) in [7, 11) is 0. The number of nitrogens with one attached hydrogen (secondary N) is 1. The van der Waals surface area contributed by atoms with Crippen molar-refractivity contribution < 1.29 is 9.18 Å². The molecule has 0 saturated carbocycles. The quantitative estimate of drug-likeness (QED) is 0.565. The van der Waals surface area contributed by atoms with Crippen molar-refractivity contribution in [2.75, 3.05) is 0 Å². The molecule has 0 aliphatic heterocycles. The molecule has 146 valence electrons. The molecule has 29 heavy (non-hydrogen) atoms. The third kappa shape index (κ3) is 3.67. The smallest absolute Gasteiger partial charge is 0.255 e. The average molecular weight is 389 g/mol. The molecule has 0 spiro atoms. The lowest BCUT2D eigenvalue weighted by atomic mass is 10.1. The third-order valence-corrected chi connectivity index (χ3v) is 4.84. The van der Waals surface area contributed by atoms with E-state index in [9.17, 15) is 9.18 Å². The molecule has 0 unspecified atom stereocenters. The van der Waals surface area contributed by atoms with Crippen LogP contribution in [0.4, 0.5) is 4.39 Å². The van der Waals surface area contributed by atoms with Gasteiger partial charge in [-0.2, -0.15) is 5.10 Å². The minimum Gasteiger partial charge on any atom is -0.348 e. The Labute approximate surface area is 167 Å². The van der Waals surface area contributed by atoms with Gasteiger partial charge >= 0.3 is 0 Å². The molecule has 6 nitrogen and oxygen atoms in total. The van der Waals surface area contributed by atoms with Crippen LogP contribution in [-0.2, 0) is 6.54 Å². The van der Waals surface area contributed by atoms with Crippen LogP contribution in [-0.4, -0.2) is 25.2 Å². The molecule has 0 aliphatic carbocycles. The fourth-order valence-electron chi connectivity index (χ4n) is 3.27. The van der Waals surface area contributed by atoms with Crippen molar-refractivity contribution >= 4 is 5.91 Å². The number of carbonyl (C=O) groups is 1. The lowest BCUT2D eigenvalue weighted by Gasteiger charge is -2.12. The van der Waals surface area contributed by atoms with E-state index in [0.717, 1.165) is 17.1 Å². The van der Waals surface area contributed by atoms with E-state index >= 15 is 0 Å². The zero-order valence-corrected chi connectivity index (χ0v) is 16.1. The first kappa shape index (κ1) is 18.6. The minimum absolute atomic E-state index is 0.215. The second-order valence-corrected chi connectivity index (χ2v) is 6.69. The molecule has 2 aromatic heterocycles. The van der Waals surface area contributed by atoms with E-state index in [2.05, 4.69) is 15.4 Å². The number of hydrogen-bond donors (Lipinski definition) is 1. The van der Waals surface area contributed by atoms with Crippen molar-refractivity contribution in [3.63, 3.8) is 0 Å².